The first-order chi connectivity index (χ1) is 9.40. The van der Waals surface area contributed by atoms with Crippen molar-refractivity contribution in [1.82, 2.24) is 0 Å². The number of hydrogen-bond donors (Lipinski definition) is 1. The van der Waals surface area contributed by atoms with Gasteiger partial charge in [0.15, 0.2) is 5.78 Å². The number of benzene rings is 1. The lowest BCUT2D eigenvalue weighted by atomic mass is 9.70. The van der Waals surface area contributed by atoms with Crippen LogP contribution in [-0.4, -0.2) is 18.9 Å². The Bertz CT molecular complexity index is 534. The fourth-order valence-electron chi connectivity index (χ4n) is 4.12. The molecule has 3 nitrogen and oxygen atoms in total. The maximum Gasteiger partial charge on any atom is 0.161 e. The second-order valence-corrected chi connectivity index (χ2v) is 6.91. The van der Waals surface area contributed by atoms with Crippen LogP contribution in [0.25, 0.3) is 0 Å². The van der Waals surface area contributed by atoms with Gasteiger partial charge in [0, 0.05) is 11.1 Å². The quantitative estimate of drug-likeness (QED) is 0.916. The zero-order valence-electron chi connectivity index (χ0n) is 12.7. The van der Waals surface area contributed by atoms with Crippen molar-refractivity contribution in [3.63, 3.8) is 0 Å². The van der Waals surface area contributed by atoms with E-state index in [9.17, 15) is 4.79 Å². The summed E-state index contributed by atoms with van der Waals surface area (Å²) < 4.78 is 5.16. The maximum absolute atomic E-state index is 12.7. The SMILES string of the molecule is COc1ccc(N[C@H]2C(=O)[C@]3(C)CC[C@H]2C3(C)C)cc1. The predicted molar refractivity (Wildman–Crippen MR) is 80.0 cm³/mol. The van der Waals surface area contributed by atoms with E-state index < -0.39 is 0 Å². The van der Waals surface area contributed by atoms with Gasteiger partial charge in [0.2, 0.25) is 0 Å². The van der Waals surface area contributed by atoms with Gasteiger partial charge in [-0.2, -0.15) is 0 Å². The monoisotopic (exact) mass is 273 g/mol. The normalized spacial score (nSPS) is 34.3. The van der Waals surface area contributed by atoms with Gasteiger partial charge in [0.25, 0.3) is 0 Å². The molecule has 0 unspecified atom stereocenters. The molecule has 0 aliphatic heterocycles. The minimum absolute atomic E-state index is 0.0443. The van der Waals surface area contributed by atoms with Crippen LogP contribution >= 0.6 is 0 Å². The molecule has 0 radical (unpaired) electrons. The molecule has 1 aromatic rings. The van der Waals surface area contributed by atoms with Crippen LogP contribution < -0.4 is 10.1 Å². The van der Waals surface area contributed by atoms with Crippen LogP contribution in [0.2, 0.25) is 0 Å². The van der Waals surface area contributed by atoms with Crippen LogP contribution in [0, 0.1) is 16.7 Å². The van der Waals surface area contributed by atoms with E-state index in [1.165, 1.54) is 0 Å². The molecule has 3 heteroatoms. The van der Waals surface area contributed by atoms with E-state index in [0.717, 1.165) is 24.3 Å². The van der Waals surface area contributed by atoms with Crippen LogP contribution in [0.5, 0.6) is 5.75 Å². The summed E-state index contributed by atoms with van der Waals surface area (Å²) in [6, 6.07) is 7.76. The van der Waals surface area contributed by atoms with Gasteiger partial charge in [-0.15, -0.1) is 0 Å². The zero-order valence-corrected chi connectivity index (χ0v) is 12.7. The van der Waals surface area contributed by atoms with E-state index >= 15 is 0 Å². The van der Waals surface area contributed by atoms with Crippen molar-refractivity contribution in [2.75, 3.05) is 12.4 Å². The van der Waals surface area contributed by atoms with Crippen LogP contribution in [0.4, 0.5) is 5.69 Å². The molecule has 0 saturated heterocycles. The van der Waals surface area contributed by atoms with Gasteiger partial charge in [0.05, 0.1) is 13.2 Å². The fraction of sp³-hybridized carbons (Fsp3) is 0.588. The molecule has 0 aromatic heterocycles. The first kappa shape index (κ1) is 13.5. The molecule has 2 fully saturated rings. The molecule has 2 aliphatic rings. The molecule has 108 valence electrons. The number of anilines is 1. The van der Waals surface area contributed by atoms with Crippen LogP contribution in [-0.2, 0) is 4.79 Å². The number of ether oxygens (including phenoxy) is 1. The smallest absolute Gasteiger partial charge is 0.161 e. The Kier molecular flexibility index (Phi) is 2.86. The van der Waals surface area contributed by atoms with Crippen LogP contribution in [0.15, 0.2) is 24.3 Å². The van der Waals surface area contributed by atoms with Gasteiger partial charge in [-0.1, -0.05) is 20.8 Å². The molecule has 1 aromatic carbocycles. The molecular weight excluding hydrogens is 250 g/mol. The van der Waals surface area contributed by atoms with Gasteiger partial charge < -0.3 is 10.1 Å². The minimum atomic E-state index is -0.165. The number of Topliss-reactive ketones (excluding diaryl/α,β-unsaturated/α-hetero) is 1. The predicted octanol–water partition coefficient (Wildman–Crippen LogP) is 3.50. The Morgan fingerprint density at radius 1 is 1.20 bits per heavy atom. The Morgan fingerprint density at radius 2 is 1.85 bits per heavy atom. The average molecular weight is 273 g/mol. The summed E-state index contributed by atoms with van der Waals surface area (Å²) >= 11 is 0. The summed E-state index contributed by atoms with van der Waals surface area (Å²) in [4.78, 5) is 12.7. The Balaban J connectivity index is 1.83. The van der Waals surface area contributed by atoms with Gasteiger partial charge in [-0.25, -0.2) is 0 Å². The zero-order chi connectivity index (χ0) is 14.5. The van der Waals surface area contributed by atoms with Crippen molar-refractivity contribution < 1.29 is 9.53 Å². The summed E-state index contributed by atoms with van der Waals surface area (Å²) in [5, 5.41) is 3.45. The minimum Gasteiger partial charge on any atom is -0.497 e. The molecular formula is C17H23NO2. The number of ketones is 1. The number of rotatable bonds is 3. The number of methoxy groups -OCH3 is 1. The number of hydrogen-bond acceptors (Lipinski definition) is 3. The first-order valence-electron chi connectivity index (χ1n) is 7.35. The first-order valence-corrected chi connectivity index (χ1v) is 7.35. The fourth-order valence-corrected chi connectivity index (χ4v) is 4.12. The topological polar surface area (TPSA) is 38.3 Å². The molecule has 3 rings (SSSR count). The lowest BCUT2D eigenvalue weighted by molar-refractivity contribution is -0.128. The Morgan fingerprint density at radius 3 is 2.35 bits per heavy atom. The third kappa shape index (κ3) is 1.62. The van der Waals surface area contributed by atoms with E-state index in [0.29, 0.717) is 11.7 Å². The molecule has 2 aliphatic carbocycles. The highest BCUT2D eigenvalue weighted by atomic mass is 16.5. The lowest BCUT2D eigenvalue weighted by Crippen LogP contribution is -2.38. The highest BCUT2D eigenvalue weighted by Gasteiger charge is 2.66. The van der Waals surface area contributed by atoms with Gasteiger partial charge in [-0.05, 0) is 48.4 Å². The highest BCUT2D eigenvalue weighted by Crippen LogP contribution is 2.63. The van der Waals surface area contributed by atoms with E-state index in [-0.39, 0.29) is 16.9 Å². The summed E-state index contributed by atoms with van der Waals surface area (Å²) in [6.07, 6.45) is 2.17. The summed E-state index contributed by atoms with van der Waals surface area (Å²) in [5.41, 5.74) is 0.923. The number of fused-ring (bicyclic) bond motifs is 2. The Labute approximate surface area is 120 Å². The number of nitrogens with one attached hydrogen (secondary N) is 1. The van der Waals surface area contributed by atoms with Crippen molar-refractivity contribution in [3.05, 3.63) is 24.3 Å². The van der Waals surface area contributed by atoms with E-state index in [4.69, 9.17) is 4.74 Å². The number of carbonyl (C=O) groups is 1. The largest absolute Gasteiger partial charge is 0.497 e. The van der Waals surface area contributed by atoms with Gasteiger partial charge in [-0.3, -0.25) is 4.79 Å². The van der Waals surface area contributed by atoms with Gasteiger partial charge >= 0.3 is 0 Å². The van der Waals surface area contributed by atoms with Crippen molar-refractivity contribution >= 4 is 11.5 Å². The van der Waals surface area contributed by atoms with E-state index in [1.807, 2.05) is 24.3 Å². The number of carbonyl (C=O) groups excluding carboxylic acids is 1. The molecule has 2 saturated carbocycles. The second-order valence-electron chi connectivity index (χ2n) is 6.91. The molecule has 3 atom stereocenters. The van der Waals surface area contributed by atoms with E-state index in [1.54, 1.807) is 7.11 Å². The second kappa shape index (κ2) is 4.24. The van der Waals surface area contributed by atoms with Crippen molar-refractivity contribution in [3.8, 4) is 5.75 Å². The highest BCUT2D eigenvalue weighted by molar-refractivity contribution is 5.96. The van der Waals surface area contributed by atoms with Crippen molar-refractivity contribution in [1.29, 1.82) is 0 Å². The summed E-state index contributed by atoms with van der Waals surface area (Å²) in [6.45, 7) is 6.64. The third-order valence-electron chi connectivity index (χ3n) is 5.95. The van der Waals surface area contributed by atoms with Crippen molar-refractivity contribution in [2.45, 2.75) is 39.7 Å². The van der Waals surface area contributed by atoms with Crippen molar-refractivity contribution in [2.24, 2.45) is 16.7 Å². The van der Waals surface area contributed by atoms with Crippen LogP contribution in [0.3, 0.4) is 0 Å². The molecule has 0 amide bonds. The Hall–Kier alpha value is -1.51. The maximum atomic E-state index is 12.7. The molecule has 0 heterocycles. The third-order valence-corrected chi connectivity index (χ3v) is 5.95. The summed E-state index contributed by atoms with van der Waals surface area (Å²) in [5.74, 6) is 1.65. The molecule has 20 heavy (non-hydrogen) atoms. The van der Waals surface area contributed by atoms with E-state index in [2.05, 4.69) is 26.1 Å². The standard InChI is InChI=1S/C17H23NO2/c1-16(2)13-9-10-17(16,3)15(19)14(13)18-11-5-7-12(20-4)8-6-11/h5-8,13-14,18H,9-10H2,1-4H3/t13-,14-,17+/m1/s1. The average Bonchev–Trinajstić information content (AvgIpc) is 2.74. The molecule has 0 spiro atoms. The molecule has 2 bridgehead atoms. The molecule has 1 N–H and O–H groups in total. The van der Waals surface area contributed by atoms with Gasteiger partial charge in [0.1, 0.15) is 5.75 Å². The summed E-state index contributed by atoms with van der Waals surface area (Å²) in [7, 11) is 1.66. The lowest BCUT2D eigenvalue weighted by Gasteiger charge is -2.32. The van der Waals surface area contributed by atoms with Crippen LogP contribution in [0.1, 0.15) is 33.6 Å².